The topological polar surface area (TPSA) is 62.3 Å². The maximum absolute atomic E-state index is 13.0. The van der Waals surface area contributed by atoms with Gasteiger partial charge in [-0.2, -0.15) is 0 Å². The van der Waals surface area contributed by atoms with Crippen LogP contribution in [0.25, 0.3) is 10.9 Å². The van der Waals surface area contributed by atoms with Crippen LogP contribution in [0.2, 0.25) is 5.02 Å². The molecule has 1 fully saturated rings. The van der Waals surface area contributed by atoms with Gasteiger partial charge in [0.1, 0.15) is 0 Å². The number of aromatic nitrogens is 1. The second-order valence-electron chi connectivity index (χ2n) is 6.20. The van der Waals surface area contributed by atoms with E-state index in [4.69, 9.17) is 11.6 Å². The molecule has 1 aliphatic rings. The minimum absolute atomic E-state index is 0. The molecule has 0 radical (unpaired) electrons. The van der Waals surface area contributed by atoms with Crippen LogP contribution < -0.4 is 10.2 Å². The Balaban J connectivity index is 0.00000210. The second kappa shape index (κ2) is 8.02. The van der Waals surface area contributed by atoms with Gasteiger partial charge in [0, 0.05) is 48.5 Å². The third-order valence-electron chi connectivity index (χ3n) is 4.58. The smallest absolute Gasteiger partial charge is 0.206 e. The summed E-state index contributed by atoms with van der Waals surface area (Å²) in [5.74, 6) is 0. The normalized spacial score (nSPS) is 14.8. The van der Waals surface area contributed by atoms with Crippen molar-refractivity contribution < 1.29 is 8.42 Å². The molecule has 1 aromatic heterocycles. The number of nitrogens with zero attached hydrogens (tertiary/aromatic N) is 2. The number of hydrogen-bond acceptors (Lipinski definition) is 5. The maximum Gasteiger partial charge on any atom is 0.206 e. The van der Waals surface area contributed by atoms with Gasteiger partial charge in [-0.25, -0.2) is 8.42 Å². The number of pyridine rings is 1. The lowest BCUT2D eigenvalue weighted by molar-refractivity contribution is 0.590. The number of benzene rings is 2. The number of hydrogen-bond donors (Lipinski definition) is 1. The van der Waals surface area contributed by atoms with Crippen LogP contribution in [0.1, 0.15) is 0 Å². The number of halogens is 2. The lowest BCUT2D eigenvalue weighted by Crippen LogP contribution is -2.43. The van der Waals surface area contributed by atoms with Crippen molar-refractivity contribution in [1.82, 2.24) is 10.3 Å². The Morgan fingerprint density at radius 2 is 1.63 bits per heavy atom. The highest BCUT2D eigenvalue weighted by atomic mass is 35.5. The van der Waals surface area contributed by atoms with Crippen molar-refractivity contribution in [3.05, 3.63) is 59.8 Å². The van der Waals surface area contributed by atoms with E-state index in [-0.39, 0.29) is 22.2 Å². The van der Waals surface area contributed by atoms with Gasteiger partial charge in [0.25, 0.3) is 0 Å². The molecule has 0 saturated carbocycles. The molecule has 3 aromatic rings. The summed E-state index contributed by atoms with van der Waals surface area (Å²) in [6.07, 6.45) is 1.77. The number of sulfone groups is 1. The number of fused-ring (bicyclic) bond motifs is 1. The lowest BCUT2D eigenvalue weighted by atomic mass is 10.1. The molecular formula is C19H19Cl2N3O2S. The number of piperazine rings is 1. The quantitative estimate of drug-likeness (QED) is 0.697. The molecule has 1 N–H and O–H groups in total. The summed E-state index contributed by atoms with van der Waals surface area (Å²) in [6.45, 7) is 3.58. The molecule has 142 valence electrons. The van der Waals surface area contributed by atoms with Gasteiger partial charge < -0.3 is 10.2 Å². The first-order chi connectivity index (χ1) is 12.6. The Labute approximate surface area is 169 Å². The SMILES string of the molecule is Cl.O=S(=O)(c1ccc(Cl)cc1)c1ccc2nccc(N3CCNCC3)c2c1. The van der Waals surface area contributed by atoms with Crippen molar-refractivity contribution in [1.29, 1.82) is 0 Å². The molecule has 2 heterocycles. The predicted octanol–water partition coefficient (Wildman–Crippen LogP) is 3.55. The van der Waals surface area contributed by atoms with E-state index in [9.17, 15) is 8.42 Å². The van der Waals surface area contributed by atoms with Crippen molar-refractivity contribution in [2.24, 2.45) is 0 Å². The van der Waals surface area contributed by atoms with Crippen LogP contribution in [0, 0.1) is 0 Å². The van der Waals surface area contributed by atoms with E-state index in [1.54, 1.807) is 36.5 Å². The zero-order chi connectivity index (χ0) is 18.1. The first-order valence-corrected chi connectivity index (χ1v) is 10.3. The molecule has 0 bridgehead atoms. The summed E-state index contributed by atoms with van der Waals surface area (Å²) in [7, 11) is -3.61. The van der Waals surface area contributed by atoms with Gasteiger partial charge in [-0.05, 0) is 48.5 Å². The summed E-state index contributed by atoms with van der Waals surface area (Å²) in [5.41, 5.74) is 1.81. The van der Waals surface area contributed by atoms with Gasteiger partial charge in [-0.15, -0.1) is 12.4 Å². The Bertz CT molecular complexity index is 1050. The van der Waals surface area contributed by atoms with Gasteiger partial charge in [0.15, 0.2) is 0 Å². The molecule has 4 rings (SSSR count). The van der Waals surface area contributed by atoms with Gasteiger partial charge in [0.2, 0.25) is 9.84 Å². The van der Waals surface area contributed by atoms with E-state index in [1.807, 2.05) is 6.07 Å². The Morgan fingerprint density at radius 3 is 2.33 bits per heavy atom. The molecule has 0 unspecified atom stereocenters. The van der Waals surface area contributed by atoms with Crippen molar-refractivity contribution in [2.45, 2.75) is 9.79 Å². The molecule has 0 atom stereocenters. The van der Waals surface area contributed by atoms with E-state index in [0.717, 1.165) is 42.8 Å². The zero-order valence-electron chi connectivity index (χ0n) is 14.4. The Hall–Kier alpha value is -1.86. The average molecular weight is 424 g/mol. The zero-order valence-corrected chi connectivity index (χ0v) is 16.8. The van der Waals surface area contributed by atoms with Crippen molar-refractivity contribution in [3.63, 3.8) is 0 Å². The van der Waals surface area contributed by atoms with E-state index in [2.05, 4.69) is 15.2 Å². The number of nitrogens with one attached hydrogen (secondary N) is 1. The number of anilines is 1. The molecule has 1 saturated heterocycles. The van der Waals surface area contributed by atoms with Gasteiger partial charge in [-0.3, -0.25) is 4.98 Å². The number of rotatable bonds is 3. The minimum Gasteiger partial charge on any atom is -0.368 e. The molecule has 5 nitrogen and oxygen atoms in total. The predicted molar refractivity (Wildman–Crippen MR) is 111 cm³/mol. The third-order valence-corrected chi connectivity index (χ3v) is 6.60. The van der Waals surface area contributed by atoms with Crippen molar-refractivity contribution in [2.75, 3.05) is 31.1 Å². The van der Waals surface area contributed by atoms with Crippen molar-refractivity contribution in [3.8, 4) is 0 Å². The fourth-order valence-corrected chi connectivity index (χ4v) is 4.62. The fourth-order valence-electron chi connectivity index (χ4n) is 3.21. The average Bonchev–Trinajstić information content (AvgIpc) is 2.68. The van der Waals surface area contributed by atoms with E-state index in [1.165, 1.54) is 12.1 Å². The van der Waals surface area contributed by atoms with Crippen LogP contribution in [-0.2, 0) is 9.84 Å². The molecular weight excluding hydrogens is 405 g/mol. The summed E-state index contributed by atoms with van der Waals surface area (Å²) in [4.78, 5) is 7.14. The van der Waals surface area contributed by atoms with E-state index >= 15 is 0 Å². The molecule has 1 aliphatic heterocycles. The third kappa shape index (κ3) is 3.89. The molecule has 0 amide bonds. The van der Waals surface area contributed by atoms with E-state index in [0.29, 0.717) is 5.02 Å². The molecule has 2 aromatic carbocycles. The molecule has 8 heteroatoms. The summed E-state index contributed by atoms with van der Waals surface area (Å²) in [5, 5.41) is 4.69. The first-order valence-electron chi connectivity index (χ1n) is 8.41. The fraction of sp³-hybridized carbons (Fsp3) is 0.211. The molecule has 27 heavy (non-hydrogen) atoms. The highest BCUT2D eigenvalue weighted by Gasteiger charge is 2.20. The van der Waals surface area contributed by atoms with Crippen LogP contribution in [0.3, 0.4) is 0 Å². The maximum atomic E-state index is 13.0. The van der Waals surface area contributed by atoms with Crippen LogP contribution in [-0.4, -0.2) is 39.6 Å². The summed E-state index contributed by atoms with van der Waals surface area (Å²) in [6, 6.07) is 13.3. The van der Waals surface area contributed by atoms with Gasteiger partial charge in [0.05, 0.1) is 15.3 Å². The van der Waals surface area contributed by atoms with Crippen LogP contribution in [0.15, 0.2) is 64.5 Å². The monoisotopic (exact) mass is 423 g/mol. The van der Waals surface area contributed by atoms with Gasteiger partial charge >= 0.3 is 0 Å². The highest BCUT2D eigenvalue weighted by molar-refractivity contribution is 7.91. The first kappa shape index (κ1) is 19.9. The molecule has 0 aliphatic carbocycles. The summed E-state index contributed by atoms with van der Waals surface area (Å²) < 4.78 is 26.0. The standard InChI is InChI=1S/C19H18ClN3O2S.ClH/c20-14-1-3-15(4-2-14)26(24,25)16-5-6-18-17(13-16)19(7-8-22-18)23-11-9-21-10-12-23;/h1-8,13,21H,9-12H2;1H. The van der Waals surface area contributed by atoms with Crippen LogP contribution in [0.4, 0.5) is 5.69 Å². The van der Waals surface area contributed by atoms with Gasteiger partial charge in [-0.1, -0.05) is 11.6 Å². The largest absolute Gasteiger partial charge is 0.368 e. The van der Waals surface area contributed by atoms with Crippen LogP contribution in [0.5, 0.6) is 0 Å². The summed E-state index contributed by atoms with van der Waals surface area (Å²) >= 11 is 5.88. The Morgan fingerprint density at radius 1 is 0.963 bits per heavy atom. The molecule has 0 spiro atoms. The van der Waals surface area contributed by atoms with Crippen LogP contribution >= 0.6 is 24.0 Å². The van der Waals surface area contributed by atoms with E-state index < -0.39 is 9.84 Å². The minimum atomic E-state index is -3.61. The lowest BCUT2D eigenvalue weighted by Gasteiger charge is -2.30. The second-order valence-corrected chi connectivity index (χ2v) is 8.59. The highest BCUT2D eigenvalue weighted by Crippen LogP contribution is 2.30. The Kier molecular flexibility index (Phi) is 5.91. The van der Waals surface area contributed by atoms with Crippen molar-refractivity contribution >= 4 is 50.4 Å².